The van der Waals surface area contributed by atoms with Crippen molar-refractivity contribution in [2.75, 3.05) is 26.2 Å². The van der Waals surface area contributed by atoms with E-state index in [1.807, 2.05) is 30.7 Å². The van der Waals surface area contributed by atoms with Crippen molar-refractivity contribution in [3.8, 4) is 0 Å². The van der Waals surface area contributed by atoms with Crippen molar-refractivity contribution in [3.05, 3.63) is 27.2 Å². The Morgan fingerprint density at radius 3 is 2.21 bits per heavy atom. The van der Waals surface area contributed by atoms with E-state index in [0.717, 1.165) is 23.1 Å². The average molecular weight is 456 g/mol. The zero-order valence-electron chi connectivity index (χ0n) is 20.3. The Bertz CT molecular complexity index is 1070. The van der Waals surface area contributed by atoms with Crippen LogP contribution in [-0.2, 0) is 23.1 Å². The lowest BCUT2D eigenvalue weighted by Crippen LogP contribution is -2.50. The van der Waals surface area contributed by atoms with E-state index in [-0.39, 0.29) is 17.4 Å². The molecule has 0 unspecified atom stereocenters. The monoisotopic (exact) mass is 455 g/mol. The third kappa shape index (κ3) is 5.14. The third-order valence-corrected chi connectivity index (χ3v) is 7.62. The van der Waals surface area contributed by atoms with Crippen LogP contribution in [0.2, 0.25) is 0 Å². The van der Waals surface area contributed by atoms with Gasteiger partial charge in [-0.3, -0.25) is 19.1 Å². The minimum Gasteiger partial charge on any atom is -0.339 e. The van der Waals surface area contributed by atoms with Crippen LogP contribution in [0.5, 0.6) is 0 Å². The largest absolute Gasteiger partial charge is 0.339 e. The van der Waals surface area contributed by atoms with E-state index in [4.69, 9.17) is 0 Å². The molecule has 0 aromatic carbocycles. The number of nitrogens with zero attached hydrogens (tertiary/aromatic N) is 4. The summed E-state index contributed by atoms with van der Waals surface area (Å²) in [6.45, 7) is 6.22. The minimum atomic E-state index is -0.149. The first-order chi connectivity index (χ1) is 15.8. The maximum absolute atomic E-state index is 12.8. The molecular weight excluding hydrogens is 418 g/mol. The smallest absolute Gasteiger partial charge is 0.253 e. The normalized spacial score (nSPS) is 17.7. The highest BCUT2D eigenvalue weighted by atomic mass is 16.2. The fourth-order valence-corrected chi connectivity index (χ4v) is 5.61. The first-order valence-corrected chi connectivity index (χ1v) is 12.5. The number of carbonyl (C=O) groups excluding carboxylic acids is 2. The van der Waals surface area contributed by atoms with E-state index in [0.29, 0.717) is 62.6 Å². The maximum Gasteiger partial charge on any atom is 0.253 e. The molecule has 8 nitrogen and oxygen atoms in total. The van der Waals surface area contributed by atoms with Gasteiger partial charge in [0.05, 0.1) is 5.69 Å². The van der Waals surface area contributed by atoms with Crippen molar-refractivity contribution in [1.29, 1.82) is 0 Å². The number of rotatable bonds is 6. The summed E-state index contributed by atoms with van der Waals surface area (Å²) in [5.41, 5.74) is 3.00. The van der Waals surface area contributed by atoms with E-state index in [1.165, 1.54) is 32.1 Å². The summed E-state index contributed by atoms with van der Waals surface area (Å²) in [5, 5.41) is 5.36. The number of aromatic nitrogens is 3. The van der Waals surface area contributed by atoms with Crippen molar-refractivity contribution < 1.29 is 9.59 Å². The van der Waals surface area contributed by atoms with Crippen LogP contribution in [0.25, 0.3) is 11.0 Å². The summed E-state index contributed by atoms with van der Waals surface area (Å²) in [6, 6.07) is 0. The number of hydrogen-bond donors (Lipinski definition) is 1. The van der Waals surface area contributed by atoms with Crippen LogP contribution >= 0.6 is 0 Å². The molecule has 4 rings (SSSR count). The van der Waals surface area contributed by atoms with Gasteiger partial charge in [0.1, 0.15) is 5.65 Å². The van der Waals surface area contributed by atoms with Crippen LogP contribution in [0.4, 0.5) is 0 Å². The van der Waals surface area contributed by atoms with Gasteiger partial charge in [-0.25, -0.2) is 0 Å². The zero-order chi connectivity index (χ0) is 23.5. The number of hydrogen-bond acceptors (Lipinski definition) is 4. The van der Waals surface area contributed by atoms with Gasteiger partial charge in [0.25, 0.3) is 5.56 Å². The molecule has 2 aliphatic rings. The van der Waals surface area contributed by atoms with Gasteiger partial charge in [0.15, 0.2) is 0 Å². The van der Waals surface area contributed by atoms with Gasteiger partial charge in [0, 0.05) is 57.0 Å². The quantitative estimate of drug-likeness (QED) is 0.725. The lowest BCUT2D eigenvalue weighted by molar-refractivity contribution is -0.139. The van der Waals surface area contributed by atoms with Crippen molar-refractivity contribution in [1.82, 2.24) is 24.6 Å². The Balaban J connectivity index is 1.28. The van der Waals surface area contributed by atoms with E-state index in [9.17, 15) is 14.4 Å². The molecule has 0 bridgehead atoms. The maximum atomic E-state index is 12.8. The lowest BCUT2D eigenvalue weighted by atomic mass is 9.86. The number of carbonyl (C=O) groups is 2. The first kappa shape index (κ1) is 23.5. The van der Waals surface area contributed by atoms with Crippen LogP contribution in [0, 0.1) is 19.8 Å². The molecule has 1 saturated carbocycles. The SMILES string of the molecule is Cc1nn(C)c2[nH]c(=O)c(CCC(=O)N3CCN(C(=O)CCC4CCCCC4)CC3)c(C)c12. The third-order valence-electron chi connectivity index (χ3n) is 7.62. The van der Waals surface area contributed by atoms with Gasteiger partial charge in [-0.1, -0.05) is 32.1 Å². The first-order valence-electron chi connectivity index (χ1n) is 12.5. The van der Waals surface area contributed by atoms with Crippen molar-refractivity contribution in [2.45, 2.75) is 71.6 Å². The van der Waals surface area contributed by atoms with Crippen molar-refractivity contribution in [2.24, 2.45) is 13.0 Å². The summed E-state index contributed by atoms with van der Waals surface area (Å²) >= 11 is 0. The molecule has 3 heterocycles. The number of aryl methyl sites for hydroxylation is 3. The average Bonchev–Trinajstić information content (AvgIpc) is 3.10. The van der Waals surface area contributed by atoms with E-state index in [2.05, 4.69) is 10.1 Å². The number of fused-ring (bicyclic) bond motifs is 1. The number of amides is 2. The molecule has 180 valence electrons. The van der Waals surface area contributed by atoms with Crippen LogP contribution in [0.15, 0.2) is 4.79 Å². The number of piperazine rings is 1. The summed E-state index contributed by atoms with van der Waals surface area (Å²) in [5.74, 6) is 0.993. The molecule has 2 aromatic heterocycles. The van der Waals surface area contributed by atoms with Crippen LogP contribution < -0.4 is 5.56 Å². The van der Waals surface area contributed by atoms with E-state index in [1.54, 1.807) is 4.68 Å². The van der Waals surface area contributed by atoms with Crippen molar-refractivity contribution in [3.63, 3.8) is 0 Å². The summed E-state index contributed by atoms with van der Waals surface area (Å²) in [4.78, 5) is 44.8. The highest BCUT2D eigenvalue weighted by molar-refractivity contribution is 5.83. The van der Waals surface area contributed by atoms with Gasteiger partial charge >= 0.3 is 0 Å². The number of aromatic amines is 1. The Morgan fingerprint density at radius 2 is 1.58 bits per heavy atom. The Hall–Kier alpha value is -2.64. The summed E-state index contributed by atoms with van der Waals surface area (Å²) < 4.78 is 1.68. The highest BCUT2D eigenvalue weighted by Crippen LogP contribution is 2.27. The molecule has 1 saturated heterocycles. The molecule has 0 radical (unpaired) electrons. The Morgan fingerprint density at radius 1 is 0.970 bits per heavy atom. The Kier molecular flexibility index (Phi) is 7.20. The van der Waals surface area contributed by atoms with Gasteiger partial charge in [-0.05, 0) is 38.2 Å². The molecular formula is C25H37N5O3. The second kappa shape index (κ2) is 10.1. The lowest BCUT2D eigenvalue weighted by Gasteiger charge is -2.35. The molecule has 1 aliphatic heterocycles. The second-order valence-electron chi connectivity index (χ2n) is 9.79. The molecule has 1 N–H and O–H groups in total. The molecule has 8 heteroatoms. The van der Waals surface area contributed by atoms with Gasteiger partial charge in [-0.15, -0.1) is 0 Å². The van der Waals surface area contributed by atoms with Gasteiger partial charge < -0.3 is 14.8 Å². The molecule has 2 amide bonds. The molecule has 2 fully saturated rings. The van der Waals surface area contributed by atoms with E-state index < -0.39 is 0 Å². The molecule has 33 heavy (non-hydrogen) atoms. The number of pyridine rings is 1. The minimum absolute atomic E-state index is 0.0473. The predicted molar refractivity (Wildman–Crippen MR) is 128 cm³/mol. The number of H-pyrrole nitrogens is 1. The molecule has 2 aromatic rings. The highest BCUT2D eigenvalue weighted by Gasteiger charge is 2.25. The molecule has 1 aliphatic carbocycles. The standard InChI is InChI=1S/C25H37N5O3/c1-17-20(25(33)26-24-23(17)18(2)27-28(24)3)10-12-22(32)30-15-13-29(14-16-30)21(31)11-9-19-7-5-4-6-8-19/h19H,4-16H2,1-3H3,(H,26,33). The Labute approximate surface area is 195 Å². The fraction of sp³-hybridized carbons (Fsp3) is 0.680. The van der Waals surface area contributed by atoms with Gasteiger partial charge in [0.2, 0.25) is 11.8 Å². The summed E-state index contributed by atoms with van der Waals surface area (Å²) in [7, 11) is 1.81. The van der Waals surface area contributed by atoms with E-state index >= 15 is 0 Å². The van der Waals surface area contributed by atoms with Gasteiger partial charge in [-0.2, -0.15) is 5.10 Å². The molecule has 0 atom stereocenters. The summed E-state index contributed by atoms with van der Waals surface area (Å²) in [6.07, 6.45) is 8.84. The number of nitrogens with one attached hydrogen (secondary N) is 1. The topological polar surface area (TPSA) is 91.3 Å². The van der Waals surface area contributed by atoms with Crippen LogP contribution in [0.1, 0.15) is 68.2 Å². The fourth-order valence-electron chi connectivity index (χ4n) is 5.61. The second-order valence-corrected chi connectivity index (χ2v) is 9.79. The zero-order valence-corrected chi connectivity index (χ0v) is 20.3. The predicted octanol–water partition coefficient (Wildman–Crippen LogP) is 2.84. The van der Waals surface area contributed by atoms with Crippen molar-refractivity contribution >= 4 is 22.8 Å². The molecule has 0 spiro atoms. The van der Waals surface area contributed by atoms with Crippen LogP contribution in [-0.4, -0.2) is 62.6 Å². The van der Waals surface area contributed by atoms with Crippen LogP contribution in [0.3, 0.4) is 0 Å².